The van der Waals surface area contributed by atoms with E-state index in [4.69, 9.17) is 5.26 Å². The Bertz CT molecular complexity index is 392. The molecule has 1 N–H and O–H groups in total. The van der Waals surface area contributed by atoms with Crippen LogP contribution in [0, 0.1) is 17.2 Å². The fourth-order valence-electron chi connectivity index (χ4n) is 1.49. The summed E-state index contributed by atoms with van der Waals surface area (Å²) in [5.41, 5.74) is 0.827. The maximum Gasteiger partial charge on any atom is 0.221 e. The highest BCUT2D eigenvalue weighted by Gasteiger charge is 2.13. The van der Waals surface area contributed by atoms with Crippen LogP contribution in [0.25, 0.3) is 0 Å². The summed E-state index contributed by atoms with van der Waals surface area (Å²) in [6.07, 6.45) is 1.32. The first-order valence-electron chi connectivity index (χ1n) is 5.87. The highest BCUT2D eigenvalue weighted by atomic mass is 16.1. The minimum atomic E-state index is -0.545. The zero-order valence-corrected chi connectivity index (χ0v) is 10.3. The van der Waals surface area contributed by atoms with Gasteiger partial charge in [0.1, 0.15) is 6.04 Å². The Balaban J connectivity index is 2.54. The van der Waals surface area contributed by atoms with Gasteiger partial charge in [-0.05, 0) is 17.9 Å². The van der Waals surface area contributed by atoms with Gasteiger partial charge >= 0.3 is 0 Å². The van der Waals surface area contributed by atoms with Gasteiger partial charge < -0.3 is 5.32 Å². The van der Waals surface area contributed by atoms with Crippen LogP contribution in [-0.2, 0) is 4.79 Å². The first-order valence-corrected chi connectivity index (χ1v) is 5.87. The van der Waals surface area contributed by atoms with E-state index in [1.165, 1.54) is 0 Å². The number of nitriles is 1. The molecule has 0 aliphatic rings. The number of nitrogens with one attached hydrogen (secondary N) is 1. The Morgan fingerprint density at radius 2 is 2.00 bits per heavy atom. The summed E-state index contributed by atoms with van der Waals surface area (Å²) in [6.45, 7) is 4.15. The van der Waals surface area contributed by atoms with Crippen molar-refractivity contribution in [2.45, 2.75) is 32.7 Å². The number of benzene rings is 1. The van der Waals surface area contributed by atoms with E-state index in [2.05, 4.69) is 25.2 Å². The van der Waals surface area contributed by atoms with Crippen LogP contribution >= 0.6 is 0 Å². The van der Waals surface area contributed by atoms with Crippen LogP contribution < -0.4 is 5.32 Å². The number of amides is 1. The number of hydrogen-bond acceptors (Lipinski definition) is 2. The smallest absolute Gasteiger partial charge is 0.221 e. The number of rotatable bonds is 5. The lowest BCUT2D eigenvalue weighted by Gasteiger charge is -2.12. The average molecular weight is 230 g/mol. The van der Waals surface area contributed by atoms with E-state index in [-0.39, 0.29) is 5.91 Å². The Morgan fingerprint density at radius 1 is 1.35 bits per heavy atom. The predicted molar refractivity (Wildman–Crippen MR) is 67.0 cm³/mol. The molecular formula is C14H18N2O. The molecule has 0 aliphatic heterocycles. The summed E-state index contributed by atoms with van der Waals surface area (Å²) in [7, 11) is 0. The van der Waals surface area contributed by atoms with Gasteiger partial charge in [0.05, 0.1) is 6.07 Å². The van der Waals surface area contributed by atoms with Crippen molar-refractivity contribution in [2.24, 2.45) is 5.92 Å². The van der Waals surface area contributed by atoms with Gasteiger partial charge in [-0.3, -0.25) is 4.79 Å². The Kier molecular flexibility index (Phi) is 5.22. The maximum atomic E-state index is 11.6. The van der Waals surface area contributed by atoms with E-state index in [0.717, 1.165) is 12.0 Å². The van der Waals surface area contributed by atoms with Crippen LogP contribution in [0.1, 0.15) is 38.3 Å². The van der Waals surface area contributed by atoms with Gasteiger partial charge in [-0.15, -0.1) is 0 Å². The Morgan fingerprint density at radius 3 is 2.53 bits per heavy atom. The second kappa shape index (κ2) is 6.70. The molecule has 1 rings (SSSR count). The quantitative estimate of drug-likeness (QED) is 0.845. The minimum Gasteiger partial charge on any atom is -0.337 e. The van der Waals surface area contributed by atoms with Gasteiger partial charge in [-0.1, -0.05) is 44.2 Å². The van der Waals surface area contributed by atoms with Crippen LogP contribution in [0.4, 0.5) is 0 Å². The van der Waals surface area contributed by atoms with Crippen LogP contribution in [0.3, 0.4) is 0 Å². The predicted octanol–water partition coefficient (Wildman–Crippen LogP) is 2.80. The highest BCUT2D eigenvalue weighted by molar-refractivity contribution is 5.76. The van der Waals surface area contributed by atoms with Gasteiger partial charge in [0.2, 0.25) is 5.91 Å². The largest absolute Gasteiger partial charge is 0.337 e. The van der Waals surface area contributed by atoms with Crippen molar-refractivity contribution >= 4 is 5.91 Å². The second-order valence-electron chi connectivity index (χ2n) is 4.47. The molecule has 0 fully saturated rings. The fraction of sp³-hybridized carbons (Fsp3) is 0.429. The normalized spacial score (nSPS) is 11.9. The molecule has 0 saturated heterocycles. The van der Waals surface area contributed by atoms with Gasteiger partial charge in [0, 0.05) is 6.42 Å². The molecule has 0 heterocycles. The van der Waals surface area contributed by atoms with Crippen LogP contribution in [-0.4, -0.2) is 5.91 Å². The summed E-state index contributed by atoms with van der Waals surface area (Å²) >= 11 is 0. The SMILES string of the molecule is CC(C)CCC(=O)NC(C#N)c1ccccc1. The topological polar surface area (TPSA) is 52.9 Å². The summed E-state index contributed by atoms with van der Waals surface area (Å²) in [6, 6.07) is 10.9. The van der Waals surface area contributed by atoms with E-state index < -0.39 is 6.04 Å². The first-order chi connectivity index (χ1) is 8.13. The van der Waals surface area contributed by atoms with Crippen molar-refractivity contribution in [1.82, 2.24) is 5.32 Å². The molecular weight excluding hydrogens is 212 g/mol. The molecule has 0 spiro atoms. The average Bonchev–Trinajstić information content (AvgIpc) is 2.34. The lowest BCUT2D eigenvalue weighted by atomic mass is 10.1. The lowest BCUT2D eigenvalue weighted by molar-refractivity contribution is -0.121. The fourth-order valence-corrected chi connectivity index (χ4v) is 1.49. The van der Waals surface area contributed by atoms with Crippen molar-refractivity contribution < 1.29 is 4.79 Å². The van der Waals surface area contributed by atoms with Crippen molar-refractivity contribution in [1.29, 1.82) is 5.26 Å². The summed E-state index contributed by atoms with van der Waals surface area (Å²) in [5, 5.41) is 11.8. The van der Waals surface area contributed by atoms with E-state index >= 15 is 0 Å². The molecule has 1 atom stereocenters. The third-order valence-electron chi connectivity index (χ3n) is 2.52. The lowest BCUT2D eigenvalue weighted by Crippen LogP contribution is -2.27. The highest BCUT2D eigenvalue weighted by Crippen LogP contribution is 2.12. The molecule has 1 amide bonds. The van der Waals surface area contributed by atoms with Crippen molar-refractivity contribution in [3.63, 3.8) is 0 Å². The number of nitrogens with zero attached hydrogens (tertiary/aromatic N) is 1. The van der Waals surface area contributed by atoms with Gasteiger partial charge in [-0.25, -0.2) is 0 Å². The van der Waals surface area contributed by atoms with Crippen molar-refractivity contribution in [3.05, 3.63) is 35.9 Å². The van der Waals surface area contributed by atoms with Crippen molar-refractivity contribution in [3.8, 4) is 6.07 Å². The molecule has 1 aromatic carbocycles. The van der Waals surface area contributed by atoms with Crippen LogP contribution in [0.2, 0.25) is 0 Å². The molecule has 3 nitrogen and oxygen atoms in total. The van der Waals surface area contributed by atoms with Crippen LogP contribution in [0.15, 0.2) is 30.3 Å². The number of carbonyl (C=O) groups excluding carboxylic acids is 1. The minimum absolute atomic E-state index is 0.0610. The third kappa shape index (κ3) is 4.69. The van der Waals surface area contributed by atoms with Gasteiger partial charge in [-0.2, -0.15) is 5.26 Å². The zero-order chi connectivity index (χ0) is 12.7. The number of hydrogen-bond donors (Lipinski definition) is 1. The molecule has 0 aliphatic carbocycles. The summed E-state index contributed by atoms with van der Waals surface area (Å²) in [5.74, 6) is 0.437. The van der Waals surface area contributed by atoms with E-state index in [9.17, 15) is 4.79 Å². The Labute approximate surface area is 102 Å². The molecule has 0 saturated carbocycles. The summed E-state index contributed by atoms with van der Waals surface area (Å²) < 4.78 is 0. The molecule has 0 bridgehead atoms. The molecule has 3 heteroatoms. The molecule has 90 valence electrons. The molecule has 1 aromatic rings. The second-order valence-corrected chi connectivity index (χ2v) is 4.47. The van der Waals surface area contributed by atoms with E-state index in [1.807, 2.05) is 30.3 Å². The van der Waals surface area contributed by atoms with Gasteiger partial charge in [0.15, 0.2) is 0 Å². The van der Waals surface area contributed by atoms with Crippen LogP contribution in [0.5, 0.6) is 0 Å². The molecule has 0 radical (unpaired) electrons. The maximum absolute atomic E-state index is 11.6. The van der Waals surface area contributed by atoms with Crippen molar-refractivity contribution in [2.75, 3.05) is 0 Å². The van der Waals surface area contributed by atoms with E-state index in [1.54, 1.807) is 0 Å². The first kappa shape index (κ1) is 13.2. The molecule has 1 unspecified atom stereocenters. The standard InChI is InChI=1S/C14H18N2O/c1-11(2)8-9-14(17)16-13(10-15)12-6-4-3-5-7-12/h3-7,11,13H,8-9H2,1-2H3,(H,16,17). The molecule has 0 aromatic heterocycles. The zero-order valence-electron chi connectivity index (χ0n) is 10.3. The third-order valence-corrected chi connectivity index (χ3v) is 2.52. The Hall–Kier alpha value is -1.82. The van der Waals surface area contributed by atoms with E-state index in [0.29, 0.717) is 12.3 Å². The number of carbonyl (C=O) groups is 1. The monoisotopic (exact) mass is 230 g/mol. The molecule has 17 heavy (non-hydrogen) atoms. The van der Waals surface area contributed by atoms with Gasteiger partial charge in [0.25, 0.3) is 0 Å². The summed E-state index contributed by atoms with van der Waals surface area (Å²) in [4.78, 5) is 11.6.